The van der Waals surface area contributed by atoms with E-state index < -0.39 is 18.3 Å². The number of aliphatic hydroxyl groups is 1. The molecular formula is C17H18F3NO. The van der Waals surface area contributed by atoms with E-state index in [1.807, 2.05) is 30.3 Å². The third kappa shape index (κ3) is 4.58. The third-order valence-corrected chi connectivity index (χ3v) is 3.41. The van der Waals surface area contributed by atoms with E-state index in [9.17, 15) is 18.3 Å². The highest BCUT2D eigenvalue weighted by molar-refractivity contribution is 5.21. The van der Waals surface area contributed by atoms with E-state index >= 15 is 0 Å². The second-order valence-electron chi connectivity index (χ2n) is 5.12. The second-order valence-corrected chi connectivity index (χ2v) is 5.12. The van der Waals surface area contributed by atoms with Gasteiger partial charge in [-0.15, -0.1) is 0 Å². The summed E-state index contributed by atoms with van der Waals surface area (Å²) in [5.74, 6) is 0. The van der Waals surface area contributed by atoms with Crippen molar-refractivity contribution in [2.75, 3.05) is 6.61 Å². The third-order valence-electron chi connectivity index (χ3n) is 3.41. The smallest absolute Gasteiger partial charge is 0.395 e. The van der Waals surface area contributed by atoms with Gasteiger partial charge in [-0.25, -0.2) is 0 Å². The molecule has 2 atom stereocenters. The Hall–Kier alpha value is -1.85. The monoisotopic (exact) mass is 309 g/mol. The van der Waals surface area contributed by atoms with E-state index in [0.717, 1.165) is 5.56 Å². The van der Waals surface area contributed by atoms with E-state index in [0.29, 0.717) is 6.42 Å². The fraction of sp³-hybridized carbons (Fsp3) is 0.294. The summed E-state index contributed by atoms with van der Waals surface area (Å²) in [5.41, 5.74) is 1.02. The largest absolute Gasteiger partial charge is 0.407 e. The Balaban J connectivity index is 2.15. The molecule has 0 aliphatic carbocycles. The van der Waals surface area contributed by atoms with Crippen molar-refractivity contribution in [3.63, 3.8) is 0 Å². The van der Waals surface area contributed by atoms with Crippen molar-refractivity contribution >= 4 is 0 Å². The summed E-state index contributed by atoms with van der Waals surface area (Å²) in [5, 5.41) is 12.0. The van der Waals surface area contributed by atoms with Gasteiger partial charge < -0.3 is 5.11 Å². The Morgan fingerprint density at radius 3 is 1.95 bits per heavy atom. The summed E-state index contributed by atoms with van der Waals surface area (Å²) < 4.78 is 39.9. The molecule has 0 unspecified atom stereocenters. The van der Waals surface area contributed by atoms with Crippen LogP contribution in [0.2, 0.25) is 0 Å². The molecule has 0 amide bonds. The van der Waals surface area contributed by atoms with Gasteiger partial charge in [-0.2, -0.15) is 13.2 Å². The number of halogens is 3. The van der Waals surface area contributed by atoms with Crippen LogP contribution < -0.4 is 5.32 Å². The first-order valence-electron chi connectivity index (χ1n) is 7.03. The summed E-state index contributed by atoms with van der Waals surface area (Å²) in [6, 6.07) is 14.3. The molecule has 0 aliphatic heterocycles. The highest BCUT2D eigenvalue weighted by atomic mass is 19.4. The Bertz CT molecular complexity index is 557. The van der Waals surface area contributed by atoms with Gasteiger partial charge in [0.05, 0.1) is 6.61 Å². The molecule has 118 valence electrons. The fourth-order valence-electron chi connectivity index (χ4n) is 2.34. The molecule has 0 saturated carbocycles. The van der Waals surface area contributed by atoms with Gasteiger partial charge in [0.1, 0.15) is 6.04 Å². The minimum Gasteiger partial charge on any atom is -0.395 e. The zero-order chi connectivity index (χ0) is 16.0. The Morgan fingerprint density at radius 2 is 1.45 bits per heavy atom. The molecule has 0 saturated heterocycles. The zero-order valence-corrected chi connectivity index (χ0v) is 11.9. The van der Waals surface area contributed by atoms with Gasteiger partial charge >= 0.3 is 6.18 Å². The van der Waals surface area contributed by atoms with E-state index in [2.05, 4.69) is 5.32 Å². The van der Waals surface area contributed by atoms with Gasteiger partial charge in [0.25, 0.3) is 0 Å². The van der Waals surface area contributed by atoms with Crippen molar-refractivity contribution in [3.05, 3.63) is 71.8 Å². The molecule has 0 aliphatic rings. The molecule has 2 N–H and O–H groups in total. The number of hydrogen-bond acceptors (Lipinski definition) is 2. The predicted octanol–water partition coefficient (Wildman–Crippen LogP) is 3.48. The molecule has 0 fully saturated rings. The van der Waals surface area contributed by atoms with Crippen LogP contribution in [0.4, 0.5) is 13.2 Å². The molecule has 2 aromatic rings. The number of rotatable bonds is 6. The standard InChI is InChI=1S/C17H18F3NO/c18-17(19,20)16(14-9-5-2-6-10-14)21-15(12-22)11-13-7-3-1-4-8-13/h1-10,15-16,21-22H,11-12H2/t15-,16-/m0/s1. The molecule has 0 radical (unpaired) electrons. The fourth-order valence-corrected chi connectivity index (χ4v) is 2.34. The lowest BCUT2D eigenvalue weighted by Gasteiger charge is -2.27. The van der Waals surface area contributed by atoms with Crippen molar-refractivity contribution in [2.45, 2.75) is 24.7 Å². The van der Waals surface area contributed by atoms with Crippen molar-refractivity contribution < 1.29 is 18.3 Å². The highest BCUT2D eigenvalue weighted by Crippen LogP contribution is 2.33. The summed E-state index contributed by atoms with van der Waals surface area (Å²) in [7, 11) is 0. The van der Waals surface area contributed by atoms with Crippen molar-refractivity contribution in [1.29, 1.82) is 0 Å². The van der Waals surface area contributed by atoms with Crippen LogP contribution in [-0.2, 0) is 6.42 Å². The Morgan fingerprint density at radius 1 is 0.909 bits per heavy atom. The van der Waals surface area contributed by atoms with Crippen LogP contribution in [0.1, 0.15) is 17.2 Å². The van der Waals surface area contributed by atoms with Gasteiger partial charge in [-0.1, -0.05) is 60.7 Å². The molecule has 2 nitrogen and oxygen atoms in total. The maximum absolute atomic E-state index is 13.3. The summed E-state index contributed by atoms with van der Waals surface area (Å²) >= 11 is 0. The van der Waals surface area contributed by atoms with Crippen molar-refractivity contribution in [2.24, 2.45) is 0 Å². The predicted molar refractivity (Wildman–Crippen MR) is 79.4 cm³/mol. The minimum atomic E-state index is -4.43. The van der Waals surface area contributed by atoms with Gasteiger partial charge in [0, 0.05) is 6.04 Å². The minimum absolute atomic E-state index is 0.140. The molecule has 5 heteroatoms. The van der Waals surface area contributed by atoms with E-state index in [-0.39, 0.29) is 12.2 Å². The van der Waals surface area contributed by atoms with E-state index in [1.54, 1.807) is 18.2 Å². The first-order valence-corrected chi connectivity index (χ1v) is 7.03. The van der Waals surface area contributed by atoms with E-state index in [4.69, 9.17) is 0 Å². The first kappa shape index (κ1) is 16.5. The van der Waals surface area contributed by atoms with Gasteiger partial charge in [0.15, 0.2) is 0 Å². The lowest BCUT2D eigenvalue weighted by molar-refractivity contribution is -0.160. The quantitative estimate of drug-likeness (QED) is 0.856. The number of benzene rings is 2. The van der Waals surface area contributed by atoms with Crippen LogP contribution in [0.25, 0.3) is 0 Å². The van der Waals surface area contributed by atoms with Gasteiger partial charge in [-0.3, -0.25) is 5.32 Å². The molecule has 2 rings (SSSR count). The summed E-state index contributed by atoms with van der Waals surface area (Å²) in [6.07, 6.45) is -4.10. The van der Waals surface area contributed by atoms with Crippen LogP contribution in [-0.4, -0.2) is 23.9 Å². The molecule has 0 bridgehead atoms. The molecule has 2 aromatic carbocycles. The number of alkyl halides is 3. The topological polar surface area (TPSA) is 32.3 Å². The summed E-state index contributed by atoms with van der Waals surface area (Å²) in [6.45, 7) is -0.367. The molecule has 0 spiro atoms. The number of hydrogen-bond donors (Lipinski definition) is 2. The van der Waals surface area contributed by atoms with Crippen molar-refractivity contribution in [1.82, 2.24) is 5.32 Å². The second kappa shape index (κ2) is 7.42. The molecular weight excluding hydrogens is 291 g/mol. The number of nitrogens with one attached hydrogen (secondary N) is 1. The van der Waals surface area contributed by atoms with Crippen LogP contribution in [0.5, 0.6) is 0 Å². The lowest BCUT2D eigenvalue weighted by Crippen LogP contribution is -2.43. The highest BCUT2D eigenvalue weighted by Gasteiger charge is 2.41. The number of aliphatic hydroxyl groups excluding tert-OH is 1. The van der Waals surface area contributed by atoms with Crippen molar-refractivity contribution in [3.8, 4) is 0 Å². The van der Waals surface area contributed by atoms with Gasteiger partial charge in [0.2, 0.25) is 0 Å². The maximum Gasteiger partial charge on any atom is 0.407 e. The average molecular weight is 309 g/mol. The molecule has 0 heterocycles. The maximum atomic E-state index is 13.3. The van der Waals surface area contributed by atoms with Crippen LogP contribution >= 0.6 is 0 Å². The summed E-state index contributed by atoms with van der Waals surface area (Å²) in [4.78, 5) is 0. The zero-order valence-electron chi connectivity index (χ0n) is 11.9. The van der Waals surface area contributed by atoms with E-state index in [1.165, 1.54) is 12.1 Å². The van der Waals surface area contributed by atoms with Crippen LogP contribution in [0, 0.1) is 0 Å². The SMILES string of the molecule is OC[C@H](Cc1ccccc1)N[C@@H](c1ccccc1)C(F)(F)F. The Kier molecular flexibility index (Phi) is 5.57. The first-order chi connectivity index (χ1) is 10.5. The molecule has 0 aromatic heterocycles. The molecule has 22 heavy (non-hydrogen) atoms. The Labute approximate surface area is 127 Å². The average Bonchev–Trinajstić information content (AvgIpc) is 2.52. The van der Waals surface area contributed by atoms with Gasteiger partial charge in [-0.05, 0) is 17.5 Å². The normalized spacial score (nSPS) is 14.5. The lowest BCUT2D eigenvalue weighted by atomic mass is 10.0. The van der Waals surface area contributed by atoms with Crippen LogP contribution in [0.3, 0.4) is 0 Å². The van der Waals surface area contributed by atoms with Crippen LogP contribution in [0.15, 0.2) is 60.7 Å².